The van der Waals surface area contributed by atoms with Gasteiger partial charge in [-0.05, 0) is 23.6 Å². The van der Waals surface area contributed by atoms with Crippen molar-refractivity contribution < 1.29 is 23.5 Å². The summed E-state index contributed by atoms with van der Waals surface area (Å²) in [7, 11) is 2.37. The molecular weight excluding hydrogens is 335 g/mol. The zero-order chi connectivity index (χ0) is 18.7. The fourth-order valence-corrected chi connectivity index (χ4v) is 3.67. The summed E-state index contributed by atoms with van der Waals surface area (Å²) >= 11 is 0. The van der Waals surface area contributed by atoms with Crippen molar-refractivity contribution in [3.05, 3.63) is 77.1 Å². The predicted molar refractivity (Wildman–Crippen MR) is 94.8 cm³/mol. The van der Waals surface area contributed by atoms with Gasteiger partial charge >= 0.3 is 11.9 Å². The summed E-state index contributed by atoms with van der Waals surface area (Å²) in [5.74, 6) is -2.88. The van der Waals surface area contributed by atoms with E-state index < -0.39 is 29.1 Å². The number of hydrogen-bond acceptors (Lipinski definition) is 4. The number of carbonyl (C=O) groups excluding carboxylic acids is 2. The molecule has 0 N–H and O–H groups in total. The van der Waals surface area contributed by atoms with Gasteiger partial charge in [0.05, 0.1) is 14.2 Å². The SMILES string of the molecule is COC(=O)C1(C(=O)OC)c2c(F)cccc2C[C@H]1/C=C/c1ccccc1. The van der Waals surface area contributed by atoms with Gasteiger partial charge in [0.1, 0.15) is 5.82 Å². The van der Waals surface area contributed by atoms with Crippen molar-refractivity contribution in [2.75, 3.05) is 14.2 Å². The molecule has 0 spiro atoms. The van der Waals surface area contributed by atoms with E-state index in [-0.39, 0.29) is 5.56 Å². The number of hydrogen-bond donors (Lipinski definition) is 0. The highest BCUT2D eigenvalue weighted by molar-refractivity contribution is 6.08. The van der Waals surface area contributed by atoms with Crippen LogP contribution in [0.3, 0.4) is 0 Å². The van der Waals surface area contributed by atoms with Gasteiger partial charge in [0.15, 0.2) is 5.41 Å². The first kappa shape index (κ1) is 17.9. The van der Waals surface area contributed by atoms with Crippen LogP contribution in [0.4, 0.5) is 4.39 Å². The molecule has 0 aromatic heterocycles. The maximum Gasteiger partial charge on any atom is 0.328 e. The van der Waals surface area contributed by atoms with Gasteiger partial charge in [-0.3, -0.25) is 9.59 Å². The fraction of sp³-hybridized carbons (Fsp3) is 0.238. The molecular formula is C21H19FO4. The minimum Gasteiger partial charge on any atom is -0.468 e. The molecule has 0 aliphatic heterocycles. The maximum atomic E-state index is 14.7. The van der Waals surface area contributed by atoms with Crippen molar-refractivity contribution in [1.29, 1.82) is 0 Å². The Morgan fingerprint density at radius 1 is 1.04 bits per heavy atom. The van der Waals surface area contributed by atoms with Gasteiger partial charge in [0.25, 0.3) is 0 Å². The third-order valence-corrected chi connectivity index (χ3v) is 4.83. The van der Waals surface area contributed by atoms with Crippen molar-refractivity contribution in [2.45, 2.75) is 11.8 Å². The molecule has 2 aromatic carbocycles. The Labute approximate surface area is 151 Å². The second-order valence-corrected chi connectivity index (χ2v) is 6.15. The maximum absolute atomic E-state index is 14.7. The van der Waals surface area contributed by atoms with Gasteiger partial charge in [0.2, 0.25) is 0 Å². The van der Waals surface area contributed by atoms with Crippen LogP contribution in [0.25, 0.3) is 6.08 Å². The van der Waals surface area contributed by atoms with Crippen LogP contribution in [0.2, 0.25) is 0 Å². The minimum absolute atomic E-state index is 0.0430. The number of esters is 2. The standard InChI is InChI=1S/C21H19FO4/c1-25-19(23)21(20(24)26-2)16(12-11-14-7-4-3-5-8-14)13-15-9-6-10-17(22)18(15)21/h3-12,16H,13H2,1-2H3/b12-11+/t16-/m1/s1. The minimum atomic E-state index is -1.85. The third-order valence-electron chi connectivity index (χ3n) is 4.83. The summed E-state index contributed by atoms with van der Waals surface area (Å²) in [6, 6.07) is 14.0. The van der Waals surface area contributed by atoms with E-state index in [0.29, 0.717) is 12.0 Å². The van der Waals surface area contributed by atoms with Gasteiger partial charge in [-0.25, -0.2) is 4.39 Å². The summed E-state index contributed by atoms with van der Waals surface area (Å²) in [5.41, 5.74) is -0.299. The summed E-state index contributed by atoms with van der Waals surface area (Å²) in [6.45, 7) is 0. The number of rotatable bonds is 4. The first-order valence-corrected chi connectivity index (χ1v) is 8.23. The average molecular weight is 354 g/mol. The number of halogens is 1. The highest BCUT2D eigenvalue weighted by atomic mass is 19.1. The monoisotopic (exact) mass is 354 g/mol. The summed E-state index contributed by atoms with van der Waals surface area (Å²) in [4.78, 5) is 25.5. The third kappa shape index (κ3) is 2.69. The largest absolute Gasteiger partial charge is 0.468 e. The van der Waals surface area contributed by atoms with Crippen molar-refractivity contribution in [2.24, 2.45) is 5.92 Å². The van der Waals surface area contributed by atoms with Gasteiger partial charge < -0.3 is 9.47 Å². The van der Waals surface area contributed by atoms with Crippen LogP contribution in [-0.2, 0) is 30.9 Å². The molecule has 2 aromatic rings. The number of benzene rings is 2. The lowest BCUT2D eigenvalue weighted by Crippen LogP contribution is -2.49. The molecule has 3 rings (SSSR count). The molecule has 0 radical (unpaired) electrons. The lowest BCUT2D eigenvalue weighted by atomic mass is 9.74. The van der Waals surface area contributed by atoms with Crippen LogP contribution < -0.4 is 0 Å². The van der Waals surface area contributed by atoms with Crippen LogP contribution in [0.5, 0.6) is 0 Å². The number of ether oxygens (including phenoxy) is 2. The smallest absolute Gasteiger partial charge is 0.328 e. The van der Waals surface area contributed by atoms with Gasteiger partial charge in [-0.15, -0.1) is 0 Å². The van der Waals surface area contributed by atoms with E-state index in [4.69, 9.17) is 9.47 Å². The van der Waals surface area contributed by atoms with Gasteiger partial charge in [-0.2, -0.15) is 0 Å². The lowest BCUT2D eigenvalue weighted by Gasteiger charge is -2.29. The number of allylic oxidation sites excluding steroid dienone is 1. The van der Waals surface area contributed by atoms with Gasteiger partial charge in [0, 0.05) is 11.5 Å². The zero-order valence-electron chi connectivity index (χ0n) is 14.6. The topological polar surface area (TPSA) is 52.6 Å². The van der Waals surface area contributed by atoms with E-state index in [1.54, 1.807) is 18.2 Å². The Bertz CT molecular complexity index is 842. The van der Waals surface area contributed by atoms with Crippen LogP contribution in [0, 0.1) is 11.7 Å². The summed E-state index contributed by atoms with van der Waals surface area (Å²) in [6.07, 6.45) is 3.90. The highest BCUT2D eigenvalue weighted by Gasteiger charge is 2.60. The first-order valence-electron chi connectivity index (χ1n) is 8.23. The van der Waals surface area contributed by atoms with E-state index in [0.717, 1.165) is 5.56 Å². The molecule has 0 bridgehead atoms. The fourth-order valence-electron chi connectivity index (χ4n) is 3.67. The molecule has 0 heterocycles. The van der Waals surface area contributed by atoms with Crippen LogP contribution in [0.1, 0.15) is 16.7 Å². The molecule has 134 valence electrons. The Balaban J connectivity index is 2.17. The Hall–Kier alpha value is -2.95. The molecule has 5 heteroatoms. The van der Waals surface area contributed by atoms with Crippen LogP contribution >= 0.6 is 0 Å². The van der Waals surface area contributed by atoms with E-state index in [9.17, 15) is 14.0 Å². The molecule has 0 saturated carbocycles. The molecule has 1 atom stereocenters. The first-order chi connectivity index (χ1) is 12.6. The molecule has 0 unspecified atom stereocenters. The number of methoxy groups -OCH3 is 2. The van der Waals surface area contributed by atoms with E-state index in [2.05, 4.69) is 0 Å². The Morgan fingerprint density at radius 2 is 1.69 bits per heavy atom. The molecule has 0 amide bonds. The van der Waals surface area contributed by atoms with Crippen molar-refractivity contribution in [1.82, 2.24) is 0 Å². The highest BCUT2D eigenvalue weighted by Crippen LogP contribution is 2.47. The lowest BCUT2D eigenvalue weighted by molar-refractivity contribution is -0.163. The van der Waals surface area contributed by atoms with Crippen LogP contribution in [-0.4, -0.2) is 26.2 Å². The molecule has 4 nitrogen and oxygen atoms in total. The summed E-state index contributed by atoms with van der Waals surface area (Å²) < 4.78 is 24.5. The molecule has 1 aliphatic carbocycles. The van der Waals surface area contributed by atoms with Gasteiger partial charge in [-0.1, -0.05) is 54.6 Å². The van der Waals surface area contributed by atoms with E-state index in [1.165, 1.54) is 20.3 Å². The second-order valence-electron chi connectivity index (χ2n) is 6.15. The normalized spacial score (nSPS) is 17.7. The molecule has 26 heavy (non-hydrogen) atoms. The average Bonchev–Trinajstić information content (AvgIpc) is 3.02. The predicted octanol–water partition coefficient (Wildman–Crippen LogP) is 3.30. The Kier molecular flexibility index (Phi) is 4.89. The summed E-state index contributed by atoms with van der Waals surface area (Å²) in [5, 5.41) is 0. The molecule has 0 saturated heterocycles. The second kappa shape index (κ2) is 7.12. The molecule has 1 aliphatic rings. The van der Waals surface area contributed by atoms with Crippen molar-refractivity contribution in [3.63, 3.8) is 0 Å². The van der Waals surface area contributed by atoms with Crippen molar-refractivity contribution >= 4 is 18.0 Å². The van der Waals surface area contributed by atoms with Crippen molar-refractivity contribution in [3.8, 4) is 0 Å². The van der Waals surface area contributed by atoms with Crippen LogP contribution in [0.15, 0.2) is 54.6 Å². The number of fused-ring (bicyclic) bond motifs is 1. The Morgan fingerprint density at radius 3 is 2.31 bits per heavy atom. The van der Waals surface area contributed by atoms with E-state index in [1.807, 2.05) is 36.4 Å². The quantitative estimate of drug-likeness (QED) is 0.624. The molecule has 0 fully saturated rings. The zero-order valence-corrected chi connectivity index (χ0v) is 14.6. The van der Waals surface area contributed by atoms with E-state index >= 15 is 0 Å². The number of carbonyl (C=O) groups is 2.